The van der Waals surface area contributed by atoms with E-state index in [1.807, 2.05) is 0 Å². The first kappa shape index (κ1) is 14.6. The molecular formula is C12H17N3O4. The summed E-state index contributed by atoms with van der Waals surface area (Å²) in [6.45, 7) is 1.72. The standard InChI is InChI=1S/C12H17N3O4/c1-7(14-15-12(13)16)8-5-9(17-2)11(19-4)10(6-8)18-3/h5-6H,1-4H3,(H3,13,15,16)/b14-7-. The average Bonchev–Trinajstić information content (AvgIpc) is 2.42. The molecule has 1 aromatic carbocycles. The van der Waals surface area contributed by atoms with Gasteiger partial charge in [-0.05, 0) is 19.1 Å². The number of nitrogens with two attached hydrogens (primary N) is 1. The highest BCUT2D eigenvalue weighted by Gasteiger charge is 2.14. The number of hydrogen-bond donors (Lipinski definition) is 2. The number of carbonyl (C=O) groups is 1. The average molecular weight is 267 g/mol. The number of nitrogens with one attached hydrogen (secondary N) is 1. The summed E-state index contributed by atoms with van der Waals surface area (Å²) < 4.78 is 15.7. The van der Waals surface area contributed by atoms with Crippen molar-refractivity contribution in [3.8, 4) is 17.2 Å². The summed E-state index contributed by atoms with van der Waals surface area (Å²) in [5, 5.41) is 3.84. The molecule has 2 amide bonds. The van der Waals surface area contributed by atoms with Crippen LogP contribution in [0.1, 0.15) is 12.5 Å². The van der Waals surface area contributed by atoms with E-state index in [0.717, 1.165) is 0 Å². The van der Waals surface area contributed by atoms with Crippen LogP contribution in [-0.2, 0) is 0 Å². The number of nitrogens with zero attached hydrogens (tertiary/aromatic N) is 1. The molecule has 0 aliphatic carbocycles. The predicted molar refractivity (Wildman–Crippen MR) is 71.0 cm³/mol. The minimum absolute atomic E-state index is 0.490. The normalized spacial score (nSPS) is 10.8. The van der Waals surface area contributed by atoms with Crippen molar-refractivity contribution in [2.45, 2.75) is 6.92 Å². The molecule has 0 aromatic heterocycles. The maximum absolute atomic E-state index is 10.6. The Morgan fingerprint density at radius 3 is 2.05 bits per heavy atom. The highest BCUT2D eigenvalue weighted by molar-refractivity contribution is 6.00. The second-order valence-corrected chi connectivity index (χ2v) is 3.59. The molecular weight excluding hydrogens is 250 g/mol. The fraction of sp³-hybridized carbons (Fsp3) is 0.333. The highest BCUT2D eigenvalue weighted by Crippen LogP contribution is 2.38. The first-order chi connectivity index (χ1) is 9.03. The molecule has 3 N–H and O–H groups in total. The number of benzene rings is 1. The van der Waals surface area contributed by atoms with Crippen LogP contribution in [-0.4, -0.2) is 33.1 Å². The molecule has 0 spiro atoms. The molecule has 0 saturated heterocycles. The van der Waals surface area contributed by atoms with E-state index < -0.39 is 6.03 Å². The number of urea groups is 1. The van der Waals surface area contributed by atoms with Crippen molar-refractivity contribution in [2.75, 3.05) is 21.3 Å². The van der Waals surface area contributed by atoms with Crippen LogP contribution < -0.4 is 25.4 Å². The Hall–Kier alpha value is -2.44. The molecule has 0 atom stereocenters. The molecule has 1 aromatic rings. The number of carbonyl (C=O) groups excluding carboxylic acids is 1. The number of amides is 2. The molecule has 0 fully saturated rings. The van der Waals surface area contributed by atoms with Crippen molar-refractivity contribution in [1.82, 2.24) is 5.43 Å². The topological polar surface area (TPSA) is 95.2 Å². The van der Waals surface area contributed by atoms with Crippen LogP contribution in [0, 0.1) is 0 Å². The SMILES string of the molecule is COc1cc(/C(C)=N\NC(N)=O)cc(OC)c1OC. The molecule has 0 aliphatic heterocycles. The molecule has 1 rings (SSSR count). The number of hydrogen-bond acceptors (Lipinski definition) is 5. The fourth-order valence-corrected chi connectivity index (χ4v) is 1.49. The van der Waals surface area contributed by atoms with Gasteiger partial charge in [-0.3, -0.25) is 0 Å². The van der Waals surface area contributed by atoms with Gasteiger partial charge in [-0.15, -0.1) is 0 Å². The smallest absolute Gasteiger partial charge is 0.332 e. The number of methoxy groups -OCH3 is 3. The Kier molecular flexibility index (Phi) is 4.99. The molecule has 0 unspecified atom stereocenters. The van der Waals surface area contributed by atoms with Crippen molar-refractivity contribution < 1.29 is 19.0 Å². The molecule has 7 heteroatoms. The Bertz CT molecular complexity index is 475. The summed E-state index contributed by atoms with van der Waals surface area (Å²) in [6, 6.07) is 2.72. The van der Waals surface area contributed by atoms with Crippen molar-refractivity contribution >= 4 is 11.7 Å². The van der Waals surface area contributed by atoms with Gasteiger partial charge in [0, 0.05) is 5.56 Å². The summed E-state index contributed by atoms with van der Waals surface area (Å²) in [7, 11) is 4.57. The van der Waals surface area contributed by atoms with E-state index in [1.165, 1.54) is 21.3 Å². The largest absolute Gasteiger partial charge is 0.493 e. The van der Waals surface area contributed by atoms with E-state index in [9.17, 15) is 4.79 Å². The number of ether oxygens (including phenoxy) is 3. The minimum atomic E-state index is -0.730. The third kappa shape index (κ3) is 3.51. The van der Waals surface area contributed by atoms with Crippen LogP contribution in [0.4, 0.5) is 4.79 Å². The maximum Gasteiger partial charge on any atom is 0.332 e. The Balaban J connectivity index is 3.22. The molecule has 19 heavy (non-hydrogen) atoms. The van der Waals surface area contributed by atoms with Gasteiger partial charge in [-0.2, -0.15) is 5.10 Å². The predicted octanol–water partition coefficient (Wildman–Crippen LogP) is 1.10. The third-order valence-corrected chi connectivity index (χ3v) is 2.42. The van der Waals surface area contributed by atoms with Gasteiger partial charge < -0.3 is 19.9 Å². The van der Waals surface area contributed by atoms with Crippen LogP contribution in [0.2, 0.25) is 0 Å². The Morgan fingerprint density at radius 1 is 1.16 bits per heavy atom. The summed E-state index contributed by atoms with van der Waals surface area (Å²) in [6.07, 6.45) is 0. The second kappa shape index (κ2) is 6.48. The lowest BCUT2D eigenvalue weighted by Crippen LogP contribution is -2.25. The van der Waals surface area contributed by atoms with E-state index in [-0.39, 0.29) is 0 Å². The zero-order valence-corrected chi connectivity index (χ0v) is 11.3. The molecule has 0 saturated carbocycles. The molecule has 0 heterocycles. The zero-order chi connectivity index (χ0) is 14.4. The highest BCUT2D eigenvalue weighted by atomic mass is 16.5. The van der Waals surface area contributed by atoms with E-state index in [2.05, 4.69) is 10.5 Å². The van der Waals surface area contributed by atoms with Crippen molar-refractivity contribution in [2.24, 2.45) is 10.8 Å². The third-order valence-electron chi connectivity index (χ3n) is 2.42. The minimum Gasteiger partial charge on any atom is -0.493 e. The van der Waals surface area contributed by atoms with Gasteiger partial charge in [-0.1, -0.05) is 0 Å². The lowest BCUT2D eigenvalue weighted by atomic mass is 10.1. The van der Waals surface area contributed by atoms with Gasteiger partial charge in [0.05, 0.1) is 27.0 Å². The summed E-state index contributed by atoms with van der Waals surface area (Å²) in [4.78, 5) is 10.6. The Labute approximate surface area is 111 Å². The van der Waals surface area contributed by atoms with Crippen LogP contribution in [0.5, 0.6) is 17.2 Å². The van der Waals surface area contributed by atoms with E-state index in [0.29, 0.717) is 28.5 Å². The monoisotopic (exact) mass is 267 g/mol. The first-order valence-corrected chi connectivity index (χ1v) is 5.43. The Morgan fingerprint density at radius 2 is 1.68 bits per heavy atom. The molecule has 0 radical (unpaired) electrons. The van der Waals surface area contributed by atoms with Gasteiger partial charge in [0.25, 0.3) is 0 Å². The molecule has 0 bridgehead atoms. The van der Waals surface area contributed by atoms with Crippen LogP contribution >= 0.6 is 0 Å². The fourth-order valence-electron chi connectivity index (χ4n) is 1.49. The molecule has 7 nitrogen and oxygen atoms in total. The maximum atomic E-state index is 10.6. The summed E-state index contributed by atoms with van der Waals surface area (Å²) >= 11 is 0. The quantitative estimate of drug-likeness (QED) is 0.617. The first-order valence-electron chi connectivity index (χ1n) is 5.43. The van der Waals surface area contributed by atoms with Gasteiger partial charge in [0.2, 0.25) is 5.75 Å². The van der Waals surface area contributed by atoms with Crippen LogP contribution in [0.15, 0.2) is 17.2 Å². The number of rotatable bonds is 5. The van der Waals surface area contributed by atoms with Crippen molar-refractivity contribution in [3.05, 3.63) is 17.7 Å². The van der Waals surface area contributed by atoms with Gasteiger partial charge >= 0.3 is 6.03 Å². The van der Waals surface area contributed by atoms with Crippen molar-refractivity contribution in [1.29, 1.82) is 0 Å². The van der Waals surface area contributed by atoms with E-state index in [1.54, 1.807) is 19.1 Å². The lowest BCUT2D eigenvalue weighted by molar-refractivity contribution is 0.249. The second-order valence-electron chi connectivity index (χ2n) is 3.59. The molecule has 0 aliphatic rings. The van der Waals surface area contributed by atoms with Crippen molar-refractivity contribution in [3.63, 3.8) is 0 Å². The van der Waals surface area contributed by atoms with Crippen LogP contribution in [0.25, 0.3) is 0 Å². The zero-order valence-electron chi connectivity index (χ0n) is 11.3. The van der Waals surface area contributed by atoms with E-state index in [4.69, 9.17) is 19.9 Å². The number of primary amides is 1. The van der Waals surface area contributed by atoms with Crippen LogP contribution in [0.3, 0.4) is 0 Å². The molecule has 104 valence electrons. The van der Waals surface area contributed by atoms with Gasteiger partial charge in [0.15, 0.2) is 11.5 Å². The van der Waals surface area contributed by atoms with Gasteiger partial charge in [0.1, 0.15) is 0 Å². The lowest BCUT2D eigenvalue weighted by Gasteiger charge is -2.13. The summed E-state index contributed by atoms with van der Waals surface area (Å²) in [5.74, 6) is 1.50. The summed E-state index contributed by atoms with van der Waals surface area (Å²) in [5.41, 5.74) is 8.38. The van der Waals surface area contributed by atoms with Gasteiger partial charge in [-0.25, -0.2) is 10.2 Å². The van der Waals surface area contributed by atoms with E-state index >= 15 is 0 Å². The number of hydrazone groups is 1.